The molecule has 1 atom stereocenters. The summed E-state index contributed by atoms with van der Waals surface area (Å²) in [6.45, 7) is 3.94. The van der Waals surface area contributed by atoms with E-state index >= 15 is 0 Å². The Morgan fingerprint density at radius 3 is 2.52 bits per heavy atom. The first-order valence-corrected chi connectivity index (χ1v) is 10.2. The first-order chi connectivity index (χ1) is 13.9. The van der Waals surface area contributed by atoms with E-state index < -0.39 is 0 Å². The maximum Gasteiger partial charge on any atom is 0.269 e. The third kappa shape index (κ3) is 3.89. The number of fused-ring (bicyclic) bond motifs is 1. The summed E-state index contributed by atoms with van der Waals surface area (Å²) < 4.78 is 0. The van der Waals surface area contributed by atoms with Crippen molar-refractivity contribution in [1.29, 1.82) is 0 Å². The number of hydrogen-bond donors (Lipinski definition) is 1. The van der Waals surface area contributed by atoms with Crippen LogP contribution in [0.1, 0.15) is 33.9 Å². The number of hydrogen-bond acceptors (Lipinski definition) is 5. The van der Waals surface area contributed by atoms with Crippen LogP contribution in [0.3, 0.4) is 0 Å². The maximum absolute atomic E-state index is 11.0. The average molecular weight is 404 g/mol. The van der Waals surface area contributed by atoms with Gasteiger partial charge in [-0.25, -0.2) is 0 Å². The van der Waals surface area contributed by atoms with Gasteiger partial charge in [-0.15, -0.1) is 11.8 Å². The first-order valence-electron chi connectivity index (χ1n) is 9.30. The Morgan fingerprint density at radius 2 is 1.83 bits per heavy atom. The number of nitro groups is 1. The minimum atomic E-state index is -0.389. The smallest absolute Gasteiger partial charge is 0.269 e. The summed E-state index contributed by atoms with van der Waals surface area (Å²) in [6.07, 6.45) is 0.606. The standard InChI is InChI=1S/C23H20N2O3S/c1-14-11-15(2)23(20(26)12-14)19-13-22(16-7-9-17(10-8-16)25(27)28)29-21-6-4-3-5-18(21)24-19/h3-12,22,26H,13H2,1-2H3. The molecule has 1 aliphatic heterocycles. The Hall–Kier alpha value is -3.12. The molecule has 1 unspecified atom stereocenters. The van der Waals surface area contributed by atoms with E-state index in [1.165, 1.54) is 12.1 Å². The molecule has 3 aromatic carbocycles. The summed E-state index contributed by atoms with van der Waals surface area (Å²) in [6, 6.07) is 18.4. The number of phenolic OH excluding ortho intramolecular Hbond substituents is 1. The number of aryl methyl sites for hydroxylation is 2. The third-order valence-electron chi connectivity index (χ3n) is 4.99. The van der Waals surface area contributed by atoms with E-state index in [2.05, 4.69) is 0 Å². The molecule has 1 heterocycles. The molecular formula is C23H20N2O3S. The quantitative estimate of drug-likeness (QED) is 0.412. The van der Waals surface area contributed by atoms with Crippen LogP contribution >= 0.6 is 11.8 Å². The number of rotatable bonds is 3. The Morgan fingerprint density at radius 1 is 1.10 bits per heavy atom. The highest BCUT2D eigenvalue weighted by Crippen LogP contribution is 2.46. The van der Waals surface area contributed by atoms with Gasteiger partial charge in [0, 0.05) is 34.3 Å². The number of thioether (sulfide) groups is 1. The minimum Gasteiger partial charge on any atom is -0.507 e. The van der Waals surface area contributed by atoms with Crippen LogP contribution in [0.4, 0.5) is 11.4 Å². The van der Waals surface area contributed by atoms with E-state index in [1.807, 2.05) is 56.3 Å². The molecule has 5 nitrogen and oxygen atoms in total. The Balaban J connectivity index is 1.81. The van der Waals surface area contributed by atoms with Gasteiger partial charge in [0.05, 0.1) is 16.3 Å². The van der Waals surface area contributed by atoms with Crippen LogP contribution in [-0.4, -0.2) is 15.7 Å². The highest BCUT2D eigenvalue weighted by atomic mass is 32.2. The van der Waals surface area contributed by atoms with Crippen LogP contribution in [0.2, 0.25) is 0 Å². The molecule has 6 heteroatoms. The van der Waals surface area contributed by atoms with Gasteiger partial charge < -0.3 is 5.11 Å². The van der Waals surface area contributed by atoms with Gasteiger partial charge in [-0.1, -0.05) is 30.3 Å². The van der Waals surface area contributed by atoms with Gasteiger partial charge in [0.2, 0.25) is 0 Å². The summed E-state index contributed by atoms with van der Waals surface area (Å²) in [5.41, 5.74) is 5.51. The number of nitro benzene ring substituents is 1. The monoisotopic (exact) mass is 404 g/mol. The van der Waals surface area contributed by atoms with E-state index in [9.17, 15) is 15.2 Å². The van der Waals surface area contributed by atoms with Crippen molar-refractivity contribution in [3.8, 4) is 5.75 Å². The second kappa shape index (κ2) is 7.72. The Labute approximate surface area is 173 Å². The molecule has 0 saturated carbocycles. The molecule has 146 valence electrons. The van der Waals surface area contributed by atoms with Crippen molar-refractivity contribution >= 4 is 28.8 Å². The number of nitrogens with zero attached hydrogens (tertiary/aromatic N) is 2. The van der Waals surface area contributed by atoms with Crippen LogP contribution in [0.25, 0.3) is 0 Å². The van der Waals surface area contributed by atoms with Crippen LogP contribution in [0, 0.1) is 24.0 Å². The van der Waals surface area contributed by atoms with E-state index in [-0.39, 0.29) is 21.6 Å². The molecule has 29 heavy (non-hydrogen) atoms. The van der Waals surface area contributed by atoms with Gasteiger partial charge in [-0.3, -0.25) is 15.1 Å². The fourth-order valence-corrected chi connectivity index (χ4v) is 4.92. The molecule has 0 fully saturated rings. The van der Waals surface area contributed by atoms with Crippen LogP contribution in [0.5, 0.6) is 5.75 Å². The maximum atomic E-state index is 11.0. The zero-order valence-corrected chi connectivity index (χ0v) is 16.9. The van der Waals surface area contributed by atoms with Crippen molar-refractivity contribution in [3.05, 3.63) is 93.0 Å². The van der Waals surface area contributed by atoms with Gasteiger partial charge in [0.1, 0.15) is 5.75 Å². The molecule has 1 N–H and O–H groups in total. The van der Waals surface area contributed by atoms with Gasteiger partial charge >= 0.3 is 0 Å². The molecule has 0 amide bonds. The molecular weight excluding hydrogens is 384 g/mol. The van der Waals surface area contributed by atoms with E-state index in [0.717, 1.165) is 38.5 Å². The van der Waals surface area contributed by atoms with E-state index in [4.69, 9.17) is 4.99 Å². The van der Waals surface area contributed by atoms with Gasteiger partial charge in [-0.2, -0.15) is 0 Å². The zero-order valence-electron chi connectivity index (χ0n) is 16.1. The van der Waals surface area contributed by atoms with Gasteiger partial charge in [0.15, 0.2) is 0 Å². The van der Waals surface area contributed by atoms with Crippen molar-refractivity contribution in [3.63, 3.8) is 0 Å². The summed E-state index contributed by atoms with van der Waals surface area (Å²) in [7, 11) is 0. The second-order valence-electron chi connectivity index (χ2n) is 7.16. The topological polar surface area (TPSA) is 75.7 Å². The first kappa shape index (κ1) is 19.2. The minimum absolute atomic E-state index is 0.0262. The number of aromatic hydroxyl groups is 1. The lowest BCUT2D eigenvalue weighted by atomic mass is 9.95. The summed E-state index contributed by atoms with van der Waals surface area (Å²) in [5, 5.41) is 21.7. The molecule has 3 aromatic rings. The molecule has 0 saturated heterocycles. The summed E-state index contributed by atoms with van der Waals surface area (Å²) >= 11 is 1.69. The Bertz CT molecular complexity index is 1100. The fraction of sp³-hybridized carbons (Fsp3) is 0.174. The lowest BCUT2D eigenvalue weighted by molar-refractivity contribution is -0.384. The molecule has 4 rings (SSSR count). The van der Waals surface area contributed by atoms with E-state index in [0.29, 0.717) is 6.42 Å². The van der Waals surface area contributed by atoms with E-state index in [1.54, 1.807) is 17.8 Å². The number of phenols is 1. The predicted molar refractivity (Wildman–Crippen MR) is 117 cm³/mol. The number of aliphatic imine (C=N–C) groups is 1. The molecule has 0 aliphatic carbocycles. The van der Waals surface area contributed by atoms with Crippen molar-refractivity contribution in [2.24, 2.45) is 4.99 Å². The largest absolute Gasteiger partial charge is 0.507 e. The molecule has 0 spiro atoms. The number of benzene rings is 3. The Kier molecular flexibility index (Phi) is 5.11. The number of non-ortho nitro benzene ring substituents is 1. The molecule has 0 aromatic heterocycles. The van der Waals surface area contributed by atoms with Crippen LogP contribution < -0.4 is 0 Å². The lowest BCUT2D eigenvalue weighted by Gasteiger charge is -2.17. The zero-order chi connectivity index (χ0) is 20.5. The highest BCUT2D eigenvalue weighted by molar-refractivity contribution is 7.99. The molecule has 1 aliphatic rings. The normalized spacial score (nSPS) is 15.9. The van der Waals surface area contributed by atoms with Gasteiger partial charge in [-0.05, 0) is 48.7 Å². The molecule has 0 bridgehead atoms. The van der Waals surface area contributed by atoms with Gasteiger partial charge in [0.25, 0.3) is 5.69 Å². The molecule has 0 radical (unpaired) electrons. The average Bonchev–Trinajstić information content (AvgIpc) is 2.87. The van der Waals surface area contributed by atoms with Crippen molar-refractivity contribution in [1.82, 2.24) is 0 Å². The van der Waals surface area contributed by atoms with Crippen LogP contribution in [-0.2, 0) is 0 Å². The SMILES string of the molecule is Cc1cc(C)c(C2=Nc3ccccc3SC(c3ccc([N+](=O)[O-])cc3)C2)c(O)c1. The second-order valence-corrected chi connectivity index (χ2v) is 8.41. The van der Waals surface area contributed by atoms with Crippen molar-refractivity contribution < 1.29 is 10.0 Å². The lowest BCUT2D eigenvalue weighted by Crippen LogP contribution is -2.08. The van der Waals surface area contributed by atoms with Crippen molar-refractivity contribution in [2.75, 3.05) is 0 Å². The van der Waals surface area contributed by atoms with Crippen LogP contribution in [0.15, 0.2) is 70.6 Å². The predicted octanol–water partition coefficient (Wildman–Crippen LogP) is 6.28. The highest BCUT2D eigenvalue weighted by Gasteiger charge is 2.25. The summed E-state index contributed by atoms with van der Waals surface area (Å²) in [5.74, 6) is 0.230. The fourth-order valence-electron chi connectivity index (χ4n) is 3.69. The number of para-hydroxylation sites is 1. The third-order valence-corrected chi connectivity index (χ3v) is 6.31. The summed E-state index contributed by atoms with van der Waals surface area (Å²) in [4.78, 5) is 16.6. The van der Waals surface area contributed by atoms with Crippen molar-refractivity contribution in [2.45, 2.75) is 30.4 Å².